The van der Waals surface area contributed by atoms with Gasteiger partial charge in [-0.1, -0.05) is 35.5 Å². The summed E-state index contributed by atoms with van der Waals surface area (Å²) in [5.74, 6) is 0. The van der Waals surface area contributed by atoms with Gasteiger partial charge in [-0.2, -0.15) is 5.10 Å². The van der Waals surface area contributed by atoms with E-state index in [1.165, 1.54) is 0 Å². The fourth-order valence-electron chi connectivity index (χ4n) is 2.44. The number of hydrogen-bond donors (Lipinski definition) is 2. The molecule has 0 atom stereocenters. The number of nitrogens with one attached hydrogen (secondary N) is 1. The predicted molar refractivity (Wildman–Crippen MR) is 84.3 cm³/mol. The molecule has 6 nitrogen and oxygen atoms in total. The molecule has 0 saturated heterocycles. The zero-order valence-electron chi connectivity index (χ0n) is 11.8. The molecular weight excluding hydrogens is 276 g/mol. The van der Waals surface area contributed by atoms with Gasteiger partial charge in [0, 0.05) is 11.9 Å². The van der Waals surface area contributed by atoms with E-state index in [0.29, 0.717) is 6.54 Å². The minimum Gasteiger partial charge on any atom is -0.326 e. The van der Waals surface area contributed by atoms with Crippen molar-refractivity contribution in [1.29, 1.82) is 0 Å². The number of hydrogen-bond acceptors (Lipinski definition) is 4. The lowest BCUT2D eigenvalue weighted by molar-refractivity contribution is 0.803. The molecule has 0 saturated carbocycles. The summed E-state index contributed by atoms with van der Waals surface area (Å²) in [7, 11) is 0. The van der Waals surface area contributed by atoms with Crippen LogP contribution < -0.4 is 5.73 Å². The summed E-state index contributed by atoms with van der Waals surface area (Å²) in [5, 5.41) is 16.8. The molecule has 6 heteroatoms. The summed E-state index contributed by atoms with van der Waals surface area (Å²) >= 11 is 0. The molecule has 22 heavy (non-hydrogen) atoms. The number of nitrogens with two attached hydrogens (primary N) is 1. The lowest BCUT2D eigenvalue weighted by Crippen LogP contribution is -1.98. The lowest BCUT2D eigenvalue weighted by atomic mass is 10.2. The molecule has 4 aromatic rings. The third kappa shape index (κ3) is 2.06. The van der Waals surface area contributed by atoms with Gasteiger partial charge >= 0.3 is 0 Å². The van der Waals surface area contributed by atoms with E-state index in [9.17, 15) is 0 Å². The van der Waals surface area contributed by atoms with Crippen molar-refractivity contribution in [3.63, 3.8) is 0 Å². The first-order valence-electron chi connectivity index (χ1n) is 7.00. The second kappa shape index (κ2) is 5.09. The van der Waals surface area contributed by atoms with Crippen molar-refractivity contribution in [3.05, 3.63) is 60.3 Å². The van der Waals surface area contributed by atoms with Crippen molar-refractivity contribution in [1.82, 2.24) is 25.2 Å². The Hall–Kier alpha value is -2.99. The van der Waals surface area contributed by atoms with Gasteiger partial charge in [0.25, 0.3) is 0 Å². The van der Waals surface area contributed by atoms with Crippen molar-refractivity contribution < 1.29 is 0 Å². The van der Waals surface area contributed by atoms with Crippen LogP contribution in [0.2, 0.25) is 0 Å². The molecule has 2 heterocycles. The monoisotopic (exact) mass is 290 g/mol. The first-order chi connectivity index (χ1) is 10.8. The topological polar surface area (TPSA) is 85.4 Å². The molecule has 2 aromatic heterocycles. The standard InChI is InChI=1S/C16H14N6/c17-9-11-5-7-12(8-6-11)22-10-15(19-21-22)16-13-3-1-2-4-14(13)18-20-16/h1-8,10H,9,17H2,(H,18,20). The van der Waals surface area contributed by atoms with E-state index in [0.717, 1.165) is 33.5 Å². The Bertz CT molecular complexity index is 919. The average molecular weight is 290 g/mol. The molecular formula is C16H14N6. The van der Waals surface area contributed by atoms with Crippen molar-refractivity contribution >= 4 is 10.9 Å². The maximum Gasteiger partial charge on any atom is 0.134 e. The molecule has 4 rings (SSSR count). The number of para-hydroxylation sites is 1. The molecule has 2 aromatic carbocycles. The summed E-state index contributed by atoms with van der Waals surface area (Å²) in [4.78, 5) is 0. The Morgan fingerprint density at radius 2 is 1.86 bits per heavy atom. The minimum atomic E-state index is 0.530. The zero-order valence-corrected chi connectivity index (χ0v) is 11.8. The van der Waals surface area contributed by atoms with Gasteiger partial charge < -0.3 is 5.73 Å². The third-order valence-electron chi connectivity index (χ3n) is 3.64. The highest BCUT2D eigenvalue weighted by Crippen LogP contribution is 2.24. The van der Waals surface area contributed by atoms with Crippen LogP contribution in [0.4, 0.5) is 0 Å². The molecule has 0 fully saturated rings. The lowest BCUT2D eigenvalue weighted by Gasteiger charge is -2.01. The molecule has 0 aliphatic rings. The molecule has 0 spiro atoms. The van der Waals surface area contributed by atoms with Gasteiger partial charge in [0.2, 0.25) is 0 Å². The highest BCUT2D eigenvalue weighted by atomic mass is 15.4. The summed E-state index contributed by atoms with van der Waals surface area (Å²) in [6, 6.07) is 15.9. The smallest absolute Gasteiger partial charge is 0.134 e. The van der Waals surface area contributed by atoms with Gasteiger partial charge in [-0.25, -0.2) is 4.68 Å². The van der Waals surface area contributed by atoms with Gasteiger partial charge in [0.05, 0.1) is 17.4 Å². The number of fused-ring (bicyclic) bond motifs is 1. The van der Waals surface area contributed by atoms with E-state index in [1.807, 2.05) is 54.7 Å². The van der Waals surface area contributed by atoms with E-state index in [2.05, 4.69) is 20.5 Å². The van der Waals surface area contributed by atoms with Crippen LogP contribution in [0, 0.1) is 0 Å². The van der Waals surface area contributed by atoms with Crippen LogP contribution in [-0.4, -0.2) is 25.2 Å². The maximum atomic E-state index is 5.61. The van der Waals surface area contributed by atoms with E-state index in [4.69, 9.17) is 5.73 Å². The van der Waals surface area contributed by atoms with Gasteiger partial charge in [-0.05, 0) is 23.8 Å². The van der Waals surface area contributed by atoms with Gasteiger partial charge in [-0.15, -0.1) is 5.10 Å². The Kier molecular flexibility index (Phi) is 2.94. The number of aromatic amines is 1. The summed E-state index contributed by atoms with van der Waals surface area (Å²) < 4.78 is 1.74. The SMILES string of the molecule is NCc1ccc(-n2cc(-c3n[nH]c4ccccc34)nn2)cc1. The zero-order chi connectivity index (χ0) is 14.9. The van der Waals surface area contributed by atoms with Crippen LogP contribution in [0.25, 0.3) is 28.0 Å². The molecule has 0 amide bonds. The average Bonchev–Trinajstić information content (AvgIpc) is 3.21. The fourth-order valence-corrected chi connectivity index (χ4v) is 2.44. The second-order valence-electron chi connectivity index (χ2n) is 5.04. The van der Waals surface area contributed by atoms with Crippen LogP contribution in [0.1, 0.15) is 5.56 Å². The quantitative estimate of drug-likeness (QED) is 0.606. The number of rotatable bonds is 3. The molecule has 108 valence electrons. The number of benzene rings is 2. The molecule has 0 radical (unpaired) electrons. The molecule has 3 N–H and O–H groups in total. The highest BCUT2D eigenvalue weighted by molar-refractivity contribution is 5.91. The van der Waals surface area contributed by atoms with Crippen LogP contribution in [-0.2, 0) is 6.54 Å². The fraction of sp³-hybridized carbons (Fsp3) is 0.0625. The van der Waals surface area contributed by atoms with Crippen LogP contribution in [0.5, 0.6) is 0 Å². The highest BCUT2D eigenvalue weighted by Gasteiger charge is 2.12. The number of nitrogens with zero attached hydrogens (tertiary/aromatic N) is 4. The van der Waals surface area contributed by atoms with E-state index in [1.54, 1.807) is 4.68 Å². The number of aromatic nitrogens is 5. The third-order valence-corrected chi connectivity index (χ3v) is 3.64. The van der Waals surface area contributed by atoms with Crippen molar-refractivity contribution in [2.75, 3.05) is 0 Å². The first kappa shape index (κ1) is 12.7. The van der Waals surface area contributed by atoms with E-state index >= 15 is 0 Å². The predicted octanol–water partition coefficient (Wildman–Crippen LogP) is 2.27. The minimum absolute atomic E-state index is 0.530. The summed E-state index contributed by atoms with van der Waals surface area (Å²) in [6.07, 6.45) is 1.88. The second-order valence-corrected chi connectivity index (χ2v) is 5.04. The van der Waals surface area contributed by atoms with Crippen molar-refractivity contribution in [2.24, 2.45) is 5.73 Å². The van der Waals surface area contributed by atoms with Crippen molar-refractivity contribution in [3.8, 4) is 17.1 Å². The molecule has 0 unspecified atom stereocenters. The Labute approximate surface area is 126 Å². The van der Waals surface area contributed by atoms with Gasteiger partial charge in [0.15, 0.2) is 0 Å². The number of H-pyrrole nitrogens is 1. The Morgan fingerprint density at radius 1 is 1.05 bits per heavy atom. The summed E-state index contributed by atoms with van der Waals surface area (Å²) in [5.41, 5.74) is 10.2. The summed E-state index contributed by atoms with van der Waals surface area (Å²) in [6.45, 7) is 0.530. The molecule has 0 aliphatic heterocycles. The van der Waals surface area contributed by atoms with E-state index < -0.39 is 0 Å². The molecule has 0 bridgehead atoms. The normalized spacial score (nSPS) is 11.1. The van der Waals surface area contributed by atoms with Gasteiger partial charge in [0.1, 0.15) is 11.4 Å². The van der Waals surface area contributed by atoms with Crippen LogP contribution >= 0.6 is 0 Å². The largest absolute Gasteiger partial charge is 0.326 e. The molecule has 0 aliphatic carbocycles. The van der Waals surface area contributed by atoms with E-state index in [-0.39, 0.29) is 0 Å². The Balaban J connectivity index is 1.74. The Morgan fingerprint density at radius 3 is 2.68 bits per heavy atom. The first-order valence-corrected chi connectivity index (χ1v) is 7.00. The van der Waals surface area contributed by atoms with Crippen LogP contribution in [0.15, 0.2) is 54.7 Å². The maximum absolute atomic E-state index is 5.61. The van der Waals surface area contributed by atoms with Crippen molar-refractivity contribution in [2.45, 2.75) is 6.54 Å². The van der Waals surface area contributed by atoms with Crippen LogP contribution in [0.3, 0.4) is 0 Å². The van der Waals surface area contributed by atoms with Gasteiger partial charge in [-0.3, -0.25) is 5.10 Å².